The maximum absolute atomic E-state index is 12.1. The second-order valence-corrected chi connectivity index (χ2v) is 6.40. The molecule has 1 unspecified atom stereocenters. The van der Waals surface area contributed by atoms with Crippen LogP contribution in [0.15, 0.2) is 29.2 Å². The molecule has 0 aromatic heterocycles. The van der Waals surface area contributed by atoms with Crippen LogP contribution >= 0.6 is 0 Å². The van der Waals surface area contributed by atoms with Gasteiger partial charge in [0.1, 0.15) is 5.75 Å². The zero-order valence-corrected chi connectivity index (χ0v) is 12.8. The number of benzene rings is 1. The Morgan fingerprint density at radius 2 is 1.70 bits per heavy atom. The van der Waals surface area contributed by atoms with Gasteiger partial charge in [0, 0.05) is 6.04 Å². The lowest BCUT2D eigenvalue weighted by Crippen LogP contribution is -2.46. The summed E-state index contributed by atoms with van der Waals surface area (Å²) in [7, 11) is -2.23. The van der Waals surface area contributed by atoms with E-state index in [9.17, 15) is 13.2 Å². The fraction of sp³-hybridized carbons (Fsp3) is 0.462. The lowest BCUT2D eigenvalue weighted by atomic mass is 10.3. The summed E-state index contributed by atoms with van der Waals surface area (Å²) in [5.41, 5.74) is 0. The lowest BCUT2D eigenvalue weighted by Gasteiger charge is -2.16. The standard InChI is InChI=1S/C13H20N2O4S/c1-9(2)14-13(16)10(3)15-20(17,18)12-7-5-11(19-4)6-8-12/h5-10,15H,1-4H3,(H,14,16). The predicted octanol–water partition coefficient (Wildman–Crippen LogP) is 0.887. The highest BCUT2D eigenvalue weighted by molar-refractivity contribution is 7.89. The van der Waals surface area contributed by atoms with Crippen LogP contribution in [0.25, 0.3) is 0 Å². The van der Waals surface area contributed by atoms with Crippen molar-refractivity contribution in [2.24, 2.45) is 0 Å². The second-order valence-electron chi connectivity index (χ2n) is 4.68. The van der Waals surface area contributed by atoms with Crippen molar-refractivity contribution in [3.63, 3.8) is 0 Å². The SMILES string of the molecule is COc1ccc(S(=O)(=O)NC(C)C(=O)NC(C)C)cc1. The van der Waals surface area contributed by atoms with Crippen molar-refractivity contribution < 1.29 is 17.9 Å². The fourth-order valence-corrected chi connectivity index (χ4v) is 2.72. The second kappa shape index (κ2) is 6.71. The zero-order chi connectivity index (χ0) is 15.3. The Labute approximate surface area is 119 Å². The Balaban J connectivity index is 2.80. The minimum atomic E-state index is -3.73. The number of methoxy groups -OCH3 is 1. The summed E-state index contributed by atoms with van der Waals surface area (Å²) in [5.74, 6) is 0.201. The number of sulfonamides is 1. The molecule has 1 aromatic rings. The summed E-state index contributed by atoms with van der Waals surface area (Å²) in [6, 6.07) is 5.06. The van der Waals surface area contributed by atoms with Gasteiger partial charge in [-0.2, -0.15) is 4.72 Å². The van der Waals surface area contributed by atoms with Crippen molar-refractivity contribution in [2.75, 3.05) is 7.11 Å². The Kier molecular flexibility index (Phi) is 5.52. The molecule has 0 spiro atoms. The van der Waals surface area contributed by atoms with Crippen LogP contribution in [-0.4, -0.2) is 33.5 Å². The molecule has 1 rings (SSSR count). The molecule has 1 amide bonds. The van der Waals surface area contributed by atoms with Crippen LogP contribution in [0.4, 0.5) is 0 Å². The van der Waals surface area contributed by atoms with Gasteiger partial charge in [-0.3, -0.25) is 4.79 Å². The molecule has 0 saturated carbocycles. The number of hydrogen-bond acceptors (Lipinski definition) is 4. The molecule has 0 radical (unpaired) electrons. The van der Waals surface area contributed by atoms with Crippen LogP contribution in [0.2, 0.25) is 0 Å². The van der Waals surface area contributed by atoms with Gasteiger partial charge in [0.05, 0.1) is 18.0 Å². The maximum atomic E-state index is 12.1. The van der Waals surface area contributed by atoms with E-state index in [1.54, 1.807) is 12.1 Å². The molecule has 0 heterocycles. The third kappa shape index (κ3) is 4.50. The molecular weight excluding hydrogens is 280 g/mol. The van der Waals surface area contributed by atoms with Crippen molar-refractivity contribution in [2.45, 2.75) is 37.8 Å². The van der Waals surface area contributed by atoms with Gasteiger partial charge in [-0.25, -0.2) is 8.42 Å². The van der Waals surface area contributed by atoms with Crippen molar-refractivity contribution in [1.29, 1.82) is 0 Å². The van der Waals surface area contributed by atoms with Crippen molar-refractivity contribution in [1.82, 2.24) is 10.0 Å². The van der Waals surface area contributed by atoms with E-state index in [0.717, 1.165) is 0 Å². The normalized spacial score (nSPS) is 13.1. The van der Waals surface area contributed by atoms with E-state index < -0.39 is 16.1 Å². The Morgan fingerprint density at radius 1 is 1.15 bits per heavy atom. The molecule has 0 aliphatic rings. The summed E-state index contributed by atoms with van der Waals surface area (Å²) in [6.45, 7) is 5.12. The number of carbonyl (C=O) groups excluding carboxylic acids is 1. The highest BCUT2D eigenvalue weighted by atomic mass is 32.2. The first-order chi connectivity index (χ1) is 9.26. The minimum Gasteiger partial charge on any atom is -0.497 e. The highest BCUT2D eigenvalue weighted by Crippen LogP contribution is 2.15. The van der Waals surface area contributed by atoms with Crippen LogP contribution in [0.1, 0.15) is 20.8 Å². The molecule has 1 atom stereocenters. The largest absolute Gasteiger partial charge is 0.497 e. The summed E-state index contributed by atoms with van der Waals surface area (Å²) in [4.78, 5) is 11.8. The van der Waals surface area contributed by atoms with Crippen molar-refractivity contribution >= 4 is 15.9 Å². The Bertz CT molecular complexity index is 552. The molecule has 1 aromatic carbocycles. The maximum Gasteiger partial charge on any atom is 0.241 e. The van der Waals surface area contributed by atoms with Crippen LogP contribution < -0.4 is 14.8 Å². The number of ether oxygens (including phenoxy) is 1. The van der Waals surface area contributed by atoms with Crippen LogP contribution in [-0.2, 0) is 14.8 Å². The number of nitrogens with one attached hydrogen (secondary N) is 2. The van der Waals surface area contributed by atoms with E-state index in [1.807, 2.05) is 13.8 Å². The van der Waals surface area contributed by atoms with Gasteiger partial charge in [-0.15, -0.1) is 0 Å². The van der Waals surface area contributed by atoms with E-state index >= 15 is 0 Å². The van der Waals surface area contributed by atoms with Crippen LogP contribution in [0.5, 0.6) is 5.75 Å². The van der Waals surface area contributed by atoms with Gasteiger partial charge >= 0.3 is 0 Å². The summed E-state index contributed by atoms with van der Waals surface area (Å²) in [6.07, 6.45) is 0. The lowest BCUT2D eigenvalue weighted by molar-refractivity contribution is -0.122. The molecule has 7 heteroatoms. The average Bonchev–Trinajstić information content (AvgIpc) is 2.37. The first-order valence-corrected chi connectivity index (χ1v) is 7.71. The monoisotopic (exact) mass is 300 g/mol. The van der Waals surface area contributed by atoms with Gasteiger partial charge in [0.25, 0.3) is 0 Å². The van der Waals surface area contributed by atoms with Crippen LogP contribution in [0, 0.1) is 0 Å². The molecule has 0 fully saturated rings. The smallest absolute Gasteiger partial charge is 0.241 e. The van der Waals surface area contributed by atoms with Gasteiger partial charge in [-0.05, 0) is 45.0 Å². The summed E-state index contributed by atoms with van der Waals surface area (Å²) < 4.78 is 31.5. The number of amides is 1. The minimum absolute atomic E-state index is 0.0459. The number of hydrogen-bond donors (Lipinski definition) is 2. The molecule has 0 aliphatic heterocycles. The van der Waals surface area contributed by atoms with Gasteiger partial charge in [0.15, 0.2) is 0 Å². The van der Waals surface area contributed by atoms with Crippen molar-refractivity contribution in [3.05, 3.63) is 24.3 Å². The molecular formula is C13H20N2O4S. The van der Waals surface area contributed by atoms with Gasteiger partial charge in [0.2, 0.25) is 15.9 Å². The van der Waals surface area contributed by atoms with Gasteiger partial charge in [-0.1, -0.05) is 0 Å². The molecule has 0 bridgehead atoms. The van der Waals surface area contributed by atoms with E-state index in [0.29, 0.717) is 5.75 Å². The van der Waals surface area contributed by atoms with Crippen molar-refractivity contribution in [3.8, 4) is 5.75 Å². The summed E-state index contributed by atoms with van der Waals surface area (Å²) >= 11 is 0. The topological polar surface area (TPSA) is 84.5 Å². The van der Waals surface area contributed by atoms with E-state index in [1.165, 1.54) is 26.2 Å². The third-order valence-corrected chi connectivity index (χ3v) is 4.08. The average molecular weight is 300 g/mol. The molecule has 6 nitrogen and oxygen atoms in total. The van der Waals surface area contributed by atoms with E-state index in [4.69, 9.17) is 4.74 Å². The third-order valence-electron chi connectivity index (χ3n) is 2.53. The first-order valence-electron chi connectivity index (χ1n) is 6.23. The summed E-state index contributed by atoms with van der Waals surface area (Å²) in [5, 5.41) is 2.65. The zero-order valence-electron chi connectivity index (χ0n) is 12.0. The molecule has 0 saturated heterocycles. The highest BCUT2D eigenvalue weighted by Gasteiger charge is 2.22. The number of rotatable bonds is 6. The Morgan fingerprint density at radius 3 is 2.15 bits per heavy atom. The fourth-order valence-electron chi connectivity index (χ4n) is 1.52. The molecule has 20 heavy (non-hydrogen) atoms. The van der Waals surface area contributed by atoms with Crippen LogP contribution in [0.3, 0.4) is 0 Å². The molecule has 0 aliphatic carbocycles. The van der Waals surface area contributed by atoms with E-state index in [2.05, 4.69) is 10.0 Å². The quantitative estimate of drug-likeness (QED) is 0.817. The number of carbonyl (C=O) groups is 1. The molecule has 2 N–H and O–H groups in total. The van der Waals surface area contributed by atoms with E-state index in [-0.39, 0.29) is 16.8 Å². The first kappa shape index (κ1) is 16.5. The van der Waals surface area contributed by atoms with Gasteiger partial charge < -0.3 is 10.1 Å². The molecule has 112 valence electrons. The predicted molar refractivity (Wildman–Crippen MR) is 76.1 cm³/mol. The Hall–Kier alpha value is -1.60.